The lowest BCUT2D eigenvalue weighted by atomic mass is 10.1. The van der Waals surface area contributed by atoms with Crippen LogP contribution in [-0.2, 0) is 0 Å². The summed E-state index contributed by atoms with van der Waals surface area (Å²) in [6.07, 6.45) is 3.64. The predicted octanol–water partition coefficient (Wildman–Crippen LogP) is 4.20. The molecule has 112 valence electrons. The minimum Gasteiger partial charge on any atom is -0.497 e. The number of ether oxygens (including phenoxy) is 2. The second kappa shape index (κ2) is 6.15. The predicted molar refractivity (Wildman–Crippen MR) is 88.6 cm³/mol. The fraction of sp³-hybridized carbons (Fsp3) is 0.176. The molecule has 0 atom stereocenters. The van der Waals surface area contributed by atoms with Crippen LogP contribution in [0.15, 0.2) is 42.0 Å². The number of aryl methyl sites for hydroxylation is 1. The maximum atomic E-state index is 5.45. The molecule has 0 aliphatic carbocycles. The number of rotatable bonds is 4. The average molecular weight is 312 g/mol. The molecule has 2 aromatic heterocycles. The Hall–Kier alpha value is -2.40. The van der Waals surface area contributed by atoms with Gasteiger partial charge in [-0.3, -0.25) is 4.98 Å². The third-order valence-electron chi connectivity index (χ3n) is 3.46. The fourth-order valence-electron chi connectivity index (χ4n) is 2.22. The number of nitrogens with zero attached hydrogens (tertiary/aromatic N) is 2. The van der Waals surface area contributed by atoms with E-state index in [0.29, 0.717) is 0 Å². The van der Waals surface area contributed by atoms with Crippen LogP contribution in [0.3, 0.4) is 0 Å². The molecule has 0 bridgehead atoms. The van der Waals surface area contributed by atoms with Gasteiger partial charge in [-0.25, -0.2) is 4.98 Å². The van der Waals surface area contributed by atoms with E-state index in [9.17, 15) is 0 Å². The lowest BCUT2D eigenvalue weighted by Crippen LogP contribution is -1.91. The molecule has 0 fully saturated rings. The molecule has 0 N–H and O–H groups in total. The van der Waals surface area contributed by atoms with Crippen molar-refractivity contribution in [2.75, 3.05) is 14.2 Å². The molecule has 0 saturated heterocycles. The molecule has 1 aromatic carbocycles. The maximum Gasteiger partial charge on any atom is 0.131 e. The normalized spacial score (nSPS) is 10.5. The van der Waals surface area contributed by atoms with E-state index < -0.39 is 0 Å². The van der Waals surface area contributed by atoms with Gasteiger partial charge in [-0.05, 0) is 30.7 Å². The zero-order valence-electron chi connectivity index (χ0n) is 12.7. The number of hydrogen-bond donors (Lipinski definition) is 0. The van der Waals surface area contributed by atoms with Gasteiger partial charge in [-0.1, -0.05) is 0 Å². The van der Waals surface area contributed by atoms with Crippen molar-refractivity contribution in [3.05, 3.63) is 47.6 Å². The van der Waals surface area contributed by atoms with E-state index in [0.717, 1.165) is 38.9 Å². The number of thiazole rings is 1. The van der Waals surface area contributed by atoms with Crippen molar-refractivity contribution < 1.29 is 9.47 Å². The number of aromatic nitrogens is 2. The highest BCUT2D eigenvalue weighted by Crippen LogP contribution is 2.36. The molecule has 0 saturated carbocycles. The van der Waals surface area contributed by atoms with Gasteiger partial charge in [0.05, 0.1) is 19.9 Å². The summed E-state index contributed by atoms with van der Waals surface area (Å²) in [5, 5.41) is 2.99. The minimum absolute atomic E-state index is 0.749. The zero-order chi connectivity index (χ0) is 15.5. The Labute approximate surface area is 133 Å². The number of pyridine rings is 1. The SMILES string of the molecule is COc1ccc(-c2csc(-c3cnccc3C)n2)c(OC)c1. The summed E-state index contributed by atoms with van der Waals surface area (Å²) in [7, 11) is 3.29. The van der Waals surface area contributed by atoms with Gasteiger partial charge in [-0.15, -0.1) is 11.3 Å². The summed E-state index contributed by atoms with van der Waals surface area (Å²) in [5.41, 5.74) is 4.07. The van der Waals surface area contributed by atoms with Gasteiger partial charge >= 0.3 is 0 Å². The van der Waals surface area contributed by atoms with Crippen LogP contribution in [0, 0.1) is 6.92 Å². The van der Waals surface area contributed by atoms with E-state index >= 15 is 0 Å². The first kappa shape index (κ1) is 14.5. The first-order chi connectivity index (χ1) is 10.7. The van der Waals surface area contributed by atoms with Crippen LogP contribution in [0.5, 0.6) is 11.5 Å². The molecule has 0 aliphatic heterocycles. The Kier molecular flexibility index (Phi) is 4.06. The van der Waals surface area contributed by atoms with Crippen LogP contribution in [0.1, 0.15) is 5.56 Å². The molecule has 3 aromatic rings. The van der Waals surface area contributed by atoms with Crippen molar-refractivity contribution in [3.8, 4) is 33.3 Å². The van der Waals surface area contributed by atoms with Crippen LogP contribution in [0.4, 0.5) is 0 Å². The van der Waals surface area contributed by atoms with Crippen molar-refractivity contribution in [3.63, 3.8) is 0 Å². The molecular weight excluding hydrogens is 296 g/mol. The van der Waals surface area contributed by atoms with Crippen molar-refractivity contribution in [2.24, 2.45) is 0 Å². The van der Waals surface area contributed by atoms with Crippen molar-refractivity contribution in [1.29, 1.82) is 0 Å². The van der Waals surface area contributed by atoms with E-state index in [1.165, 1.54) is 0 Å². The fourth-order valence-corrected chi connectivity index (χ4v) is 3.11. The Morgan fingerprint density at radius 3 is 2.64 bits per heavy atom. The van der Waals surface area contributed by atoms with Crippen molar-refractivity contribution in [1.82, 2.24) is 9.97 Å². The number of benzene rings is 1. The monoisotopic (exact) mass is 312 g/mol. The molecule has 5 heteroatoms. The van der Waals surface area contributed by atoms with Gasteiger partial charge in [-0.2, -0.15) is 0 Å². The van der Waals surface area contributed by atoms with Gasteiger partial charge in [0.15, 0.2) is 0 Å². The van der Waals surface area contributed by atoms with E-state index in [4.69, 9.17) is 14.5 Å². The summed E-state index contributed by atoms with van der Waals surface area (Å²) >= 11 is 1.60. The molecule has 0 unspecified atom stereocenters. The van der Waals surface area contributed by atoms with Gasteiger partial charge in [0, 0.05) is 35.0 Å². The highest BCUT2D eigenvalue weighted by Gasteiger charge is 2.13. The first-order valence-corrected chi connectivity index (χ1v) is 7.70. The number of methoxy groups -OCH3 is 2. The van der Waals surface area contributed by atoms with Crippen LogP contribution >= 0.6 is 11.3 Å². The molecule has 4 nitrogen and oxygen atoms in total. The summed E-state index contributed by atoms with van der Waals surface area (Å²) in [6, 6.07) is 7.73. The maximum absolute atomic E-state index is 5.45. The molecule has 2 heterocycles. The summed E-state index contributed by atoms with van der Waals surface area (Å²) in [4.78, 5) is 8.92. The van der Waals surface area contributed by atoms with Gasteiger partial charge < -0.3 is 9.47 Å². The molecule has 0 radical (unpaired) electrons. The molecule has 0 amide bonds. The number of hydrogen-bond acceptors (Lipinski definition) is 5. The molecule has 0 spiro atoms. The van der Waals surface area contributed by atoms with Crippen LogP contribution in [0.2, 0.25) is 0 Å². The van der Waals surface area contributed by atoms with Crippen LogP contribution in [-0.4, -0.2) is 24.2 Å². The smallest absolute Gasteiger partial charge is 0.131 e. The van der Waals surface area contributed by atoms with Gasteiger partial charge in [0.25, 0.3) is 0 Å². The lowest BCUT2D eigenvalue weighted by molar-refractivity contribution is 0.395. The van der Waals surface area contributed by atoms with E-state index in [-0.39, 0.29) is 0 Å². The van der Waals surface area contributed by atoms with E-state index in [1.807, 2.05) is 35.8 Å². The summed E-state index contributed by atoms with van der Waals surface area (Å²) < 4.78 is 10.7. The van der Waals surface area contributed by atoms with Crippen LogP contribution in [0.25, 0.3) is 21.8 Å². The third-order valence-corrected chi connectivity index (χ3v) is 4.33. The van der Waals surface area contributed by atoms with E-state index in [1.54, 1.807) is 31.8 Å². The Bertz CT molecular complexity index is 799. The first-order valence-electron chi connectivity index (χ1n) is 6.82. The average Bonchev–Trinajstić information content (AvgIpc) is 3.04. The topological polar surface area (TPSA) is 44.2 Å². The zero-order valence-corrected chi connectivity index (χ0v) is 13.5. The third kappa shape index (κ3) is 2.67. The molecular formula is C17H16N2O2S. The van der Waals surface area contributed by atoms with Gasteiger partial charge in [0.2, 0.25) is 0 Å². The highest BCUT2D eigenvalue weighted by atomic mass is 32.1. The Morgan fingerprint density at radius 1 is 1.05 bits per heavy atom. The summed E-state index contributed by atoms with van der Waals surface area (Å²) in [5.74, 6) is 1.51. The molecule has 22 heavy (non-hydrogen) atoms. The second-order valence-electron chi connectivity index (χ2n) is 4.79. The second-order valence-corrected chi connectivity index (χ2v) is 5.65. The van der Waals surface area contributed by atoms with E-state index in [2.05, 4.69) is 11.9 Å². The molecule has 3 rings (SSSR count). The lowest BCUT2D eigenvalue weighted by Gasteiger charge is -2.08. The minimum atomic E-state index is 0.749. The molecule has 0 aliphatic rings. The quantitative estimate of drug-likeness (QED) is 0.724. The Morgan fingerprint density at radius 2 is 1.91 bits per heavy atom. The van der Waals surface area contributed by atoms with Crippen molar-refractivity contribution >= 4 is 11.3 Å². The summed E-state index contributed by atoms with van der Waals surface area (Å²) in [6.45, 7) is 2.06. The Balaban J connectivity index is 2.03. The van der Waals surface area contributed by atoms with Gasteiger partial charge in [0.1, 0.15) is 16.5 Å². The van der Waals surface area contributed by atoms with Crippen LogP contribution < -0.4 is 9.47 Å². The standard InChI is InChI=1S/C17H16N2O2S/c1-11-6-7-18-9-14(11)17-19-15(10-22-17)13-5-4-12(20-2)8-16(13)21-3/h4-10H,1-3H3. The van der Waals surface area contributed by atoms with Crippen molar-refractivity contribution in [2.45, 2.75) is 6.92 Å². The highest BCUT2D eigenvalue weighted by molar-refractivity contribution is 7.13. The largest absolute Gasteiger partial charge is 0.497 e.